The van der Waals surface area contributed by atoms with E-state index in [4.69, 9.17) is 10.00 Å². The third kappa shape index (κ3) is 4.29. The quantitative estimate of drug-likeness (QED) is 0.533. The van der Waals surface area contributed by atoms with Gasteiger partial charge in [-0.1, -0.05) is 12.1 Å². The number of benzene rings is 2. The van der Waals surface area contributed by atoms with E-state index in [1.165, 1.54) is 11.0 Å². The van der Waals surface area contributed by atoms with Gasteiger partial charge in [0.1, 0.15) is 0 Å². The molecule has 1 aliphatic carbocycles. The number of nitrogens with zero attached hydrogens (tertiary/aromatic N) is 3. The third-order valence-electron chi connectivity index (χ3n) is 8.06. The first-order valence-corrected chi connectivity index (χ1v) is 12.4. The van der Waals surface area contributed by atoms with E-state index < -0.39 is 23.2 Å². The molecule has 1 amide bonds. The molecule has 2 fully saturated rings. The number of ether oxygens (including phenoxy) is 1. The minimum atomic E-state index is -4.58. The topological polar surface area (TPSA) is 56.6 Å². The van der Waals surface area contributed by atoms with Gasteiger partial charge in [-0.25, -0.2) is 0 Å². The zero-order valence-corrected chi connectivity index (χ0v) is 20.7. The number of carbonyl (C=O) groups is 1. The van der Waals surface area contributed by atoms with E-state index in [-0.39, 0.29) is 35.6 Å². The Hall–Kier alpha value is -2.89. The molecule has 0 bridgehead atoms. The summed E-state index contributed by atoms with van der Waals surface area (Å²) in [4.78, 5) is 17.1. The lowest BCUT2D eigenvalue weighted by Gasteiger charge is -2.43. The van der Waals surface area contributed by atoms with Crippen molar-refractivity contribution in [3.8, 4) is 6.07 Å². The molecule has 1 atom stereocenters. The molecule has 1 saturated carbocycles. The largest absolute Gasteiger partial charge is 0.416 e. The Labute approximate surface area is 209 Å². The predicted octanol–water partition coefficient (Wildman–Crippen LogP) is 5.84. The molecule has 36 heavy (non-hydrogen) atoms. The monoisotopic (exact) mass is 497 g/mol. The summed E-state index contributed by atoms with van der Waals surface area (Å²) in [5, 5.41) is 9.08. The van der Waals surface area contributed by atoms with Gasteiger partial charge in [0.25, 0.3) is 5.91 Å². The molecule has 2 aromatic carbocycles. The summed E-state index contributed by atoms with van der Waals surface area (Å²) in [6.07, 6.45) is -3.06. The lowest BCUT2D eigenvalue weighted by Crippen LogP contribution is -2.50. The molecule has 2 aliphatic heterocycles. The number of amides is 1. The van der Waals surface area contributed by atoms with Gasteiger partial charge in [-0.05, 0) is 80.5 Å². The number of halogens is 3. The van der Waals surface area contributed by atoms with E-state index >= 15 is 0 Å². The van der Waals surface area contributed by atoms with Gasteiger partial charge < -0.3 is 9.64 Å². The summed E-state index contributed by atoms with van der Waals surface area (Å²) < 4.78 is 48.5. The van der Waals surface area contributed by atoms with Crippen LogP contribution in [-0.2, 0) is 23.0 Å². The van der Waals surface area contributed by atoms with Gasteiger partial charge in [0, 0.05) is 35.8 Å². The van der Waals surface area contributed by atoms with Crippen LogP contribution in [0.25, 0.3) is 0 Å². The summed E-state index contributed by atoms with van der Waals surface area (Å²) in [5.41, 5.74) is 0.777. The van der Waals surface area contributed by atoms with Gasteiger partial charge in [0.15, 0.2) is 0 Å². The van der Waals surface area contributed by atoms with Crippen molar-refractivity contribution in [3.05, 3.63) is 64.2 Å². The van der Waals surface area contributed by atoms with Crippen LogP contribution >= 0.6 is 0 Å². The van der Waals surface area contributed by atoms with Gasteiger partial charge in [-0.15, -0.1) is 0 Å². The number of anilines is 1. The van der Waals surface area contributed by atoms with Crippen LogP contribution in [0, 0.1) is 17.2 Å². The Balaban J connectivity index is 1.50. The van der Waals surface area contributed by atoms with E-state index in [1.807, 2.05) is 39.0 Å². The number of morpholine rings is 1. The number of hydrogen-bond acceptors (Lipinski definition) is 4. The number of rotatable bonds is 4. The minimum absolute atomic E-state index is 0.0157. The van der Waals surface area contributed by atoms with Crippen molar-refractivity contribution >= 4 is 11.6 Å². The minimum Gasteiger partial charge on any atom is -0.376 e. The summed E-state index contributed by atoms with van der Waals surface area (Å²) >= 11 is 0. The van der Waals surface area contributed by atoms with Crippen molar-refractivity contribution in [2.75, 3.05) is 24.6 Å². The molecule has 1 saturated heterocycles. The van der Waals surface area contributed by atoms with Crippen molar-refractivity contribution in [2.24, 2.45) is 5.92 Å². The van der Waals surface area contributed by atoms with Crippen molar-refractivity contribution in [1.82, 2.24) is 4.90 Å². The van der Waals surface area contributed by atoms with Crippen LogP contribution in [0.4, 0.5) is 18.9 Å². The van der Waals surface area contributed by atoms with Gasteiger partial charge >= 0.3 is 6.18 Å². The van der Waals surface area contributed by atoms with Gasteiger partial charge in [0.2, 0.25) is 0 Å². The van der Waals surface area contributed by atoms with Crippen molar-refractivity contribution in [3.63, 3.8) is 0 Å². The molecule has 0 radical (unpaired) electrons. The lowest BCUT2D eigenvalue weighted by molar-refractivity contribution is -0.138. The zero-order chi connectivity index (χ0) is 25.8. The molecular formula is C28H30F3N3O2. The van der Waals surface area contributed by atoms with Crippen LogP contribution in [0.3, 0.4) is 0 Å². The average Bonchev–Trinajstić information content (AvgIpc) is 3.14. The predicted molar refractivity (Wildman–Crippen MR) is 129 cm³/mol. The molecular weight excluding hydrogens is 467 g/mol. The molecule has 3 aliphatic rings. The zero-order valence-electron chi connectivity index (χ0n) is 20.7. The summed E-state index contributed by atoms with van der Waals surface area (Å²) in [6, 6.07) is 12.6. The molecule has 2 heterocycles. The smallest absolute Gasteiger partial charge is 0.376 e. The van der Waals surface area contributed by atoms with E-state index in [2.05, 4.69) is 11.0 Å². The van der Waals surface area contributed by atoms with Crippen molar-refractivity contribution in [1.29, 1.82) is 5.26 Å². The van der Waals surface area contributed by atoms with E-state index in [0.717, 1.165) is 18.4 Å². The molecule has 5 nitrogen and oxygen atoms in total. The number of alkyl halides is 3. The molecule has 1 unspecified atom stereocenters. The molecule has 0 spiro atoms. The van der Waals surface area contributed by atoms with Crippen LogP contribution in [-0.4, -0.2) is 36.6 Å². The highest BCUT2D eigenvalue weighted by Crippen LogP contribution is 2.44. The maximum atomic E-state index is 14.3. The summed E-state index contributed by atoms with van der Waals surface area (Å²) in [6.45, 7) is 7.36. The number of fused-ring (bicyclic) bond motifs is 1. The summed E-state index contributed by atoms with van der Waals surface area (Å²) in [7, 11) is 0. The number of nitriles is 1. The highest BCUT2D eigenvalue weighted by atomic mass is 19.4. The van der Waals surface area contributed by atoms with E-state index in [1.54, 1.807) is 12.1 Å². The second-order valence-corrected chi connectivity index (χ2v) is 10.7. The van der Waals surface area contributed by atoms with Crippen LogP contribution in [0.15, 0.2) is 36.4 Å². The molecule has 0 N–H and O–H groups in total. The van der Waals surface area contributed by atoms with Crippen molar-refractivity contribution < 1.29 is 22.7 Å². The molecule has 8 heteroatoms. The first kappa shape index (κ1) is 24.8. The molecule has 2 aromatic rings. The highest BCUT2D eigenvalue weighted by Gasteiger charge is 2.43. The fourth-order valence-electron chi connectivity index (χ4n) is 5.67. The normalized spacial score (nSPS) is 24.9. The van der Waals surface area contributed by atoms with Crippen LogP contribution in [0.2, 0.25) is 0 Å². The van der Waals surface area contributed by atoms with Gasteiger partial charge in [0.05, 0.1) is 30.9 Å². The first-order chi connectivity index (χ1) is 17.0. The SMILES string of the molecule is CC1CN(C(C)(C)c2cc3c(c(C(F)(F)F)c2)CN(c2cccc(C4CC(C#N)C4)c2)C3=O)CCO1. The molecule has 5 rings (SSSR count). The Kier molecular flexibility index (Phi) is 6.12. The average molecular weight is 498 g/mol. The summed E-state index contributed by atoms with van der Waals surface area (Å²) in [5.74, 6) is -0.130. The Bertz CT molecular complexity index is 1230. The Morgan fingerprint density at radius 1 is 1.14 bits per heavy atom. The highest BCUT2D eigenvalue weighted by molar-refractivity contribution is 6.10. The lowest BCUT2D eigenvalue weighted by atomic mass is 9.72. The second kappa shape index (κ2) is 8.89. The van der Waals surface area contributed by atoms with Crippen LogP contribution < -0.4 is 4.90 Å². The van der Waals surface area contributed by atoms with Gasteiger partial charge in [-0.2, -0.15) is 18.4 Å². The van der Waals surface area contributed by atoms with Crippen LogP contribution in [0.1, 0.15) is 72.1 Å². The van der Waals surface area contributed by atoms with Crippen LogP contribution in [0.5, 0.6) is 0 Å². The number of hydrogen-bond donors (Lipinski definition) is 0. The van der Waals surface area contributed by atoms with E-state index in [9.17, 15) is 18.0 Å². The third-order valence-corrected chi connectivity index (χ3v) is 8.06. The number of carbonyl (C=O) groups excluding carboxylic acids is 1. The fraction of sp³-hybridized carbons (Fsp3) is 0.500. The molecule has 0 aromatic heterocycles. The second-order valence-electron chi connectivity index (χ2n) is 10.7. The van der Waals surface area contributed by atoms with Crippen molar-refractivity contribution in [2.45, 2.75) is 63.9 Å². The Morgan fingerprint density at radius 3 is 2.56 bits per heavy atom. The first-order valence-electron chi connectivity index (χ1n) is 12.4. The Morgan fingerprint density at radius 2 is 1.89 bits per heavy atom. The maximum Gasteiger partial charge on any atom is 0.416 e. The standard InChI is InChI=1S/C28H30F3N3O2/c1-17-15-33(7-8-36-17)27(2,3)21-12-23-24(25(13-21)28(29,30)31)16-34(26(23)35)22-6-4-5-19(11-22)20-9-18(10-20)14-32/h4-6,11-13,17-18,20H,7-10,15-16H2,1-3H3. The maximum absolute atomic E-state index is 14.3. The fourth-order valence-corrected chi connectivity index (χ4v) is 5.67. The van der Waals surface area contributed by atoms with Gasteiger partial charge in [-0.3, -0.25) is 9.69 Å². The molecule has 190 valence electrons. The van der Waals surface area contributed by atoms with E-state index in [0.29, 0.717) is 30.9 Å².